The summed E-state index contributed by atoms with van der Waals surface area (Å²) in [5, 5.41) is 9.44. The molecule has 0 saturated heterocycles. The summed E-state index contributed by atoms with van der Waals surface area (Å²) in [5.74, 6) is 0. The highest BCUT2D eigenvalue weighted by Crippen LogP contribution is 2.48. The predicted octanol–water partition coefficient (Wildman–Crippen LogP) is 1.83. The number of ether oxygens (including phenoxy) is 1. The Morgan fingerprint density at radius 1 is 1.33 bits per heavy atom. The fraction of sp³-hybridized carbons (Fsp3) is 0.600. The maximum absolute atomic E-state index is 12.3. The van der Waals surface area contributed by atoms with Crippen LogP contribution in [0.3, 0.4) is 0 Å². The lowest BCUT2D eigenvalue weighted by Gasteiger charge is -2.16. The van der Waals surface area contributed by atoms with E-state index in [0.29, 0.717) is 18.7 Å². The first-order valence-electron chi connectivity index (χ1n) is 7.15. The molecule has 0 aliphatic heterocycles. The van der Waals surface area contributed by atoms with E-state index in [1.165, 1.54) is 12.1 Å². The van der Waals surface area contributed by atoms with Crippen LogP contribution < -0.4 is 4.72 Å². The van der Waals surface area contributed by atoms with Crippen molar-refractivity contribution in [2.45, 2.75) is 37.2 Å². The third-order valence-electron chi connectivity index (χ3n) is 4.10. The number of aliphatic hydroxyl groups excluding tert-OH is 1. The van der Waals surface area contributed by atoms with Crippen LogP contribution in [-0.2, 0) is 14.8 Å². The Labute approximate surface area is 126 Å². The smallest absolute Gasteiger partial charge is 0.240 e. The number of hydrogen-bond acceptors (Lipinski definition) is 4. The average molecular weight is 313 g/mol. The Morgan fingerprint density at radius 3 is 2.43 bits per heavy atom. The van der Waals surface area contributed by atoms with Crippen molar-refractivity contribution in [2.75, 3.05) is 20.3 Å². The molecule has 118 valence electrons. The highest BCUT2D eigenvalue weighted by atomic mass is 32.2. The van der Waals surface area contributed by atoms with Gasteiger partial charge in [0.2, 0.25) is 10.0 Å². The van der Waals surface area contributed by atoms with Crippen LogP contribution in [0.15, 0.2) is 29.2 Å². The van der Waals surface area contributed by atoms with Gasteiger partial charge in [-0.15, -0.1) is 0 Å². The molecule has 1 atom stereocenters. The normalized spacial score (nSPS) is 18.4. The number of benzene rings is 1. The lowest BCUT2D eigenvalue weighted by atomic mass is 10.0. The number of methoxy groups -OCH3 is 1. The summed E-state index contributed by atoms with van der Waals surface area (Å²) < 4.78 is 32.3. The molecule has 1 aliphatic rings. The molecule has 0 radical (unpaired) electrons. The van der Waals surface area contributed by atoms with Gasteiger partial charge in [0.05, 0.1) is 11.0 Å². The lowest BCUT2D eigenvalue weighted by molar-refractivity contribution is 0.173. The van der Waals surface area contributed by atoms with Gasteiger partial charge in [0.25, 0.3) is 0 Å². The third kappa shape index (κ3) is 4.26. The fourth-order valence-corrected chi connectivity index (χ4v) is 3.42. The van der Waals surface area contributed by atoms with Crippen LogP contribution in [-0.4, -0.2) is 33.8 Å². The van der Waals surface area contributed by atoms with Crippen molar-refractivity contribution in [1.29, 1.82) is 0 Å². The predicted molar refractivity (Wildman–Crippen MR) is 80.4 cm³/mol. The fourth-order valence-electron chi connectivity index (χ4n) is 2.27. The van der Waals surface area contributed by atoms with Gasteiger partial charge in [-0.2, -0.15) is 0 Å². The number of sulfonamides is 1. The second-order valence-corrected chi connectivity index (χ2v) is 7.58. The molecule has 5 nitrogen and oxygen atoms in total. The molecule has 0 spiro atoms. The van der Waals surface area contributed by atoms with Gasteiger partial charge in [0.1, 0.15) is 0 Å². The zero-order valence-electron chi connectivity index (χ0n) is 12.5. The van der Waals surface area contributed by atoms with Gasteiger partial charge in [-0.3, -0.25) is 0 Å². The van der Waals surface area contributed by atoms with E-state index in [2.05, 4.69) is 4.72 Å². The molecular weight excluding hydrogens is 290 g/mol. The van der Waals surface area contributed by atoms with Gasteiger partial charge in [-0.05, 0) is 49.3 Å². The molecule has 2 N–H and O–H groups in total. The molecule has 1 aromatic carbocycles. The maximum Gasteiger partial charge on any atom is 0.240 e. The van der Waals surface area contributed by atoms with Crippen molar-refractivity contribution in [3.63, 3.8) is 0 Å². The van der Waals surface area contributed by atoms with Gasteiger partial charge in [0, 0.05) is 20.3 Å². The molecule has 1 aromatic rings. The first kappa shape index (κ1) is 16.4. The molecule has 21 heavy (non-hydrogen) atoms. The zero-order chi connectivity index (χ0) is 15.5. The molecule has 1 fully saturated rings. The van der Waals surface area contributed by atoms with Crippen molar-refractivity contribution in [3.05, 3.63) is 29.8 Å². The van der Waals surface area contributed by atoms with E-state index in [-0.39, 0.29) is 10.3 Å². The Morgan fingerprint density at radius 2 is 1.95 bits per heavy atom. The second kappa shape index (κ2) is 6.44. The van der Waals surface area contributed by atoms with E-state index in [9.17, 15) is 13.5 Å². The van der Waals surface area contributed by atoms with Crippen molar-refractivity contribution in [3.8, 4) is 0 Å². The van der Waals surface area contributed by atoms with Crippen LogP contribution in [0.5, 0.6) is 0 Å². The third-order valence-corrected chi connectivity index (χ3v) is 5.52. The van der Waals surface area contributed by atoms with Gasteiger partial charge < -0.3 is 9.84 Å². The lowest BCUT2D eigenvalue weighted by Crippen LogP contribution is -2.30. The van der Waals surface area contributed by atoms with Gasteiger partial charge in [-0.25, -0.2) is 13.1 Å². The molecule has 1 unspecified atom stereocenters. The topological polar surface area (TPSA) is 75.6 Å². The molecule has 0 amide bonds. The summed E-state index contributed by atoms with van der Waals surface area (Å²) in [6.45, 7) is 2.76. The van der Waals surface area contributed by atoms with Crippen LogP contribution in [0.2, 0.25) is 0 Å². The Kier molecular flexibility index (Phi) is 5.03. The highest BCUT2D eigenvalue weighted by molar-refractivity contribution is 7.89. The van der Waals surface area contributed by atoms with Crippen LogP contribution in [0.1, 0.15) is 37.9 Å². The molecule has 0 bridgehead atoms. The minimum Gasteiger partial charge on any atom is -0.389 e. The first-order valence-corrected chi connectivity index (χ1v) is 8.64. The van der Waals surface area contributed by atoms with Crippen molar-refractivity contribution >= 4 is 10.0 Å². The maximum atomic E-state index is 12.3. The zero-order valence-corrected chi connectivity index (χ0v) is 13.3. The number of nitrogens with one attached hydrogen (secondary N) is 1. The standard InChI is InChI=1S/C15H23NO4S/c1-12(17)13-3-5-14(6-4-13)21(18,19)16-11-15(7-8-15)9-10-20-2/h3-6,12,16-17H,7-11H2,1-2H3. The molecule has 2 rings (SSSR count). The molecule has 1 saturated carbocycles. The summed E-state index contributed by atoms with van der Waals surface area (Å²) in [7, 11) is -1.84. The van der Waals surface area contributed by atoms with E-state index in [1.807, 2.05) is 0 Å². The number of rotatable bonds is 8. The summed E-state index contributed by atoms with van der Waals surface area (Å²) >= 11 is 0. The van der Waals surface area contributed by atoms with Crippen LogP contribution in [0.4, 0.5) is 0 Å². The van der Waals surface area contributed by atoms with Gasteiger partial charge >= 0.3 is 0 Å². The van der Waals surface area contributed by atoms with Crippen molar-refractivity contribution in [1.82, 2.24) is 4.72 Å². The van der Waals surface area contributed by atoms with E-state index in [0.717, 1.165) is 19.3 Å². The molecule has 1 aliphatic carbocycles. The second-order valence-electron chi connectivity index (χ2n) is 5.81. The summed E-state index contributed by atoms with van der Waals surface area (Å²) in [5.41, 5.74) is 0.774. The van der Waals surface area contributed by atoms with Crippen LogP contribution >= 0.6 is 0 Å². The SMILES string of the molecule is COCCC1(CNS(=O)(=O)c2ccc(C(C)O)cc2)CC1. The summed E-state index contributed by atoms with van der Waals surface area (Å²) in [6, 6.07) is 6.33. The largest absolute Gasteiger partial charge is 0.389 e. The quantitative estimate of drug-likeness (QED) is 0.768. The van der Waals surface area contributed by atoms with Crippen molar-refractivity contribution < 1.29 is 18.3 Å². The van der Waals surface area contributed by atoms with Crippen LogP contribution in [0.25, 0.3) is 0 Å². The van der Waals surface area contributed by atoms with Crippen LogP contribution in [0, 0.1) is 5.41 Å². The Hall–Kier alpha value is -0.950. The highest BCUT2D eigenvalue weighted by Gasteiger charge is 2.42. The minimum absolute atomic E-state index is 0.0721. The Balaban J connectivity index is 1.98. The number of aliphatic hydroxyl groups is 1. The van der Waals surface area contributed by atoms with E-state index < -0.39 is 16.1 Å². The summed E-state index contributed by atoms with van der Waals surface area (Å²) in [6.07, 6.45) is 2.37. The van der Waals surface area contributed by atoms with E-state index in [4.69, 9.17) is 4.74 Å². The van der Waals surface area contributed by atoms with Crippen molar-refractivity contribution in [2.24, 2.45) is 5.41 Å². The van der Waals surface area contributed by atoms with Gasteiger partial charge in [-0.1, -0.05) is 12.1 Å². The average Bonchev–Trinajstić information content (AvgIpc) is 3.24. The molecule has 6 heteroatoms. The summed E-state index contributed by atoms with van der Waals surface area (Å²) in [4.78, 5) is 0.231. The number of hydrogen-bond donors (Lipinski definition) is 2. The molecule has 0 aromatic heterocycles. The minimum atomic E-state index is -3.49. The molecule has 0 heterocycles. The van der Waals surface area contributed by atoms with Gasteiger partial charge in [0.15, 0.2) is 0 Å². The Bertz CT molecular complexity index is 562. The monoisotopic (exact) mass is 313 g/mol. The van der Waals surface area contributed by atoms with E-state index >= 15 is 0 Å². The van der Waals surface area contributed by atoms with E-state index in [1.54, 1.807) is 26.2 Å². The molecular formula is C15H23NO4S. The first-order chi connectivity index (χ1) is 9.88.